The summed E-state index contributed by atoms with van der Waals surface area (Å²) in [6.07, 6.45) is 0. The standard InChI is InChI=1S/C20H23N5O3/c1-20(2,3)14-12(17(26)22-11-9-7-6-8-10-11)15(21)23-16-13(14)18(27)25(5)19(28)24(16)4/h6-10H,1-5H3,(H2,21,23)(H,22,26). The van der Waals surface area contributed by atoms with Crippen LogP contribution in [0.25, 0.3) is 11.0 Å². The Bertz CT molecular complexity index is 1200. The van der Waals surface area contributed by atoms with E-state index in [9.17, 15) is 14.4 Å². The van der Waals surface area contributed by atoms with E-state index < -0.39 is 22.6 Å². The van der Waals surface area contributed by atoms with Crippen molar-refractivity contribution in [2.45, 2.75) is 26.2 Å². The monoisotopic (exact) mass is 381 g/mol. The van der Waals surface area contributed by atoms with Gasteiger partial charge < -0.3 is 11.1 Å². The van der Waals surface area contributed by atoms with Crippen LogP contribution < -0.4 is 22.3 Å². The van der Waals surface area contributed by atoms with Gasteiger partial charge in [-0.15, -0.1) is 0 Å². The van der Waals surface area contributed by atoms with Gasteiger partial charge in [0.25, 0.3) is 11.5 Å². The second-order valence-electron chi connectivity index (χ2n) is 7.72. The lowest BCUT2D eigenvalue weighted by Gasteiger charge is -2.25. The number of amides is 1. The topological polar surface area (TPSA) is 112 Å². The first-order chi connectivity index (χ1) is 13.0. The largest absolute Gasteiger partial charge is 0.383 e. The van der Waals surface area contributed by atoms with Gasteiger partial charge in [-0.25, -0.2) is 9.78 Å². The van der Waals surface area contributed by atoms with E-state index in [0.717, 1.165) is 4.57 Å². The fraction of sp³-hybridized carbons (Fsp3) is 0.300. The van der Waals surface area contributed by atoms with Gasteiger partial charge in [0.2, 0.25) is 0 Å². The molecule has 0 aliphatic carbocycles. The number of para-hydroxylation sites is 1. The van der Waals surface area contributed by atoms with Gasteiger partial charge in [0, 0.05) is 19.8 Å². The molecule has 0 unspecified atom stereocenters. The number of aromatic nitrogens is 3. The van der Waals surface area contributed by atoms with Crippen LogP contribution >= 0.6 is 0 Å². The van der Waals surface area contributed by atoms with Crippen LogP contribution in [0, 0.1) is 0 Å². The average Bonchev–Trinajstić information content (AvgIpc) is 2.63. The van der Waals surface area contributed by atoms with E-state index >= 15 is 0 Å². The summed E-state index contributed by atoms with van der Waals surface area (Å²) in [6, 6.07) is 8.94. The van der Waals surface area contributed by atoms with E-state index in [4.69, 9.17) is 5.73 Å². The summed E-state index contributed by atoms with van der Waals surface area (Å²) in [5.74, 6) is -0.493. The molecule has 8 nitrogen and oxygen atoms in total. The van der Waals surface area contributed by atoms with Crippen molar-refractivity contribution in [1.29, 1.82) is 0 Å². The summed E-state index contributed by atoms with van der Waals surface area (Å²) in [7, 11) is 2.92. The van der Waals surface area contributed by atoms with Crippen LogP contribution in [0.15, 0.2) is 39.9 Å². The Morgan fingerprint density at radius 3 is 2.25 bits per heavy atom. The number of nitrogens with two attached hydrogens (primary N) is 1. The highest BCUT2D eigenvalue weighted by molar-refractivity contribution is 6.11. The second-order valence-corrected chi connectivity index (χ2v) is 7.72. The molecule has 0 aliphatic rings. The van der Waals surface area contributed by atoms with Gasteiger partial charge in [-0.1, -0.05) is 39.0 Å². The number of hydrogen-bond donors (Lipinski definition) is 2. The van der Waals surface area contributed by atoms with Gasteiger partial charge >= 0.3 is 5.69 Å². The van der Waals surface area contributed by atoms with Crippen LogP contribution in [-0.2, 0) is 19.5 Å². The molecule has 0 atom stereocenters. The highest BCUT2D eigenvalue weighted by Gasteiger charge is 2.31. The Morgan fingerprint density at radius 2 is 1.68 bits per heavy atom. The Balaban J connectivity index is 2.41. The molecule has 0 saturated heterocycles. The van der Waals surface area contributed by atoms with E-state index in [1.807, 2.05) is 26.8 Å². The molecule has 28 heavy (non-hydrogen) atoms. The van der Waals surface area contributed by atoms with Gasteiger partial charge in [0.15, 0.2) is 5.65 Å². The molecule has 0 aliphatic heterocycles. The van der Waals surface area contributed by atoms with Crippen molar-refractivity contribution in [1.82, 2.24) is 14.1 Å². The minimum absolute atomic E-state index is 0.0332. The average molecular weight is 381 g/mol. The normalized spacial score (nSPS) is 11.6. The first-order valence-electron chi connectivity index (χ1n) is 8.80. The van der Waals surface area contributed by atoms with Crippen molar-refractivity contribution in [2.24, 2.45) is 14.1 Å². The van der Waals surface area contributed by atoms with Crippen molar-refractivity contribution in [3.8, 4) is 0 Å². The number of carbonyl (C=O) groups excluding carboxylic acids is 1. The number of benzene rings is 1. The number of pyridine rings is 1. The van der Waals surface area contributed by atoms with Gasteiger partial charge in [0.1, 0.15) is 5.82 Å². The maximum absolute atomic E-state index is 13.1. The maximum Gasteiger partial charge on any atom is 0.332 e. The fourth-order valence-corrected chi connectivity index (χ4v) is 3.30. The lowest BCUT2D eigenvalue weighted by atomic mass is 9.82. The van der Waals surface area contributed by atoms with Crippen LogP contribution in [0.1, 0.15) is 36.7 Å². The molecule has 0 spiro atoms. The third-order valence-corrected chi connectivity index (χ3v) is 4.62. The Hall–Kier alpha value is -3.42. The molecule has 8 heteroatoms. The molecule has 3 rings (SSSR count). The number of carbonyl (C=O) groups is 1. The summed E-state index contributed by atoms with van der Waals surface area (Å²) in [4.78, 5) is 42.6. The second kappa shape index (κ2) is 6.63. The minimum Gasteiger partial charge on any atom is -0.383 e. The molecule has 3 aromatic rings. The van der Waals surface area contributed by atoms with Crippen LogP contribution in [0.2, 0.25) is 0 Å². The number of fused-ring (bicyclic) bond motifs is 1. The first kappa shape index (κ1) is 19.3. The highest BCUT2D eigenvalue weighted by atomic mass is 16.2. The summed E-state index contributed by atoms with van der Waals surface area (Å²) in [5, 5.41) is 3.01. The lowest BCUT2D eigenvalue weighted by Crippen LogP contribution is -2.39. The molecule has 3 N–H and O–H groups in total. The highest BCUT2D eigenvalue weighted by Crippen LogP contribution is 2.33. The molecule has 0 saturated carbocycles. The van der Waals surface area contributed by atoms with Gasteiger partial charge in [-0.3, -0.25) is 18.7 Å². The van der Waals surface area contributed by atoms with Gasteiger partial charge in [-0.05, 0) is 23.1 Å². The third-order valence-electron chi connectivity index (χ3n) is 4.62. The van der Waals surface area contributed by atoms with Crippen LogP contribution in [0.5, 0.6) is 0 Å². The number of nitrogens with one attached hydrogen (secondary N) is 1. The van der Waals surface area contributed by atoms with Gasteiger partial charge in [0.05, 0.1) is 10.9 Å². The van der Waals surface area contributed by atoms with Crippen molar-refractivity contribution in [3.05, 3.63) is 62.3 Å². The molecule has 146 valence electrons. The van der Waals surface area contributed by atoms with Crippen molar-refractivity contribution < 1.29 is 4.79 Å². The number of nitrogen functional groups attached to an aromatic ring is 1. The van der Waals surface area contributed by atoms with E-state index in [1.54, 1.807) is 24.3 Å². The van der Waals surface area contributed by atoms with E-state index in [0.29, 0.717) is 11.3 Å². The Labute approximate surface area is 161 Å². The minimum atomic E-state index is -0.609. The summed E-state index contributed by atoms with van der Waals surface area (Å²) < 4.78 is 2.27. The molecule has 0 fully saturated rings. The number of aryl methyl sites for hydroxylation is 1. The van der Waals surface area contributed by atoms with Gasteiger partial charge in [-0.2, -0.15) is 0 Å². The van der Waals surface area contributed by atoms with Crippen molar-refractivity contribution in [3.63, 3.8) is 0 Å². The maximum atomic E-state index is 13.1. The van der Waals surface area contributed by atoms with Crippen LogP contribution in [0.3, 0.4) is 0 Å². The first-order valence-corrected chi connectivity index (χ1v) is 8.80. The molecule has 0 bridgehead atoms. The molecule has 2 aromatic heterocycles. The lowest BCUT2D eigenvalue weighted by molar-refractivity contribution is 0.102. The molecule has 0 radical (unpaired) electrons. The molecule has 1 aromatic carbocycles. The summed E-state index contributed by atoms with van der Waals surface area (Å²) in [6.45, 7) is 5.64. The Morgan fingerprint density at radius 1 is 1.07 bits per heavy atom. The number of nitrogens with zero attached hydrogens (tertiary/aromatic N) is 3. The van der Waals surface area contributed by atoms with Crippen molar-refractivity contribution in [2.75, 3.05) is 11.1 Å². The zero-order valence-electron chi connectivity index (χ0n) is 16.5. The predicted octanol–water partition coefficient (Wildman–Crippen LogP) is 1.76. The van der Waals surface area contributed by atoms with Crippen LogP contribution in [-0.4, -0.2) is 20.0 Å². The van der Waals surface area contributed by atoms with E-state index in [-0.39, 0.29) is 22.4 Å². The molecular formula is C20H23N5O3. The molecule has 2 heterocycles. The zero-order valence-corrected chi connectivity index (χ0v) is 16.5. The van der Waals surface area contributed by atoms with E-state index in [1.165, 1.54) is 18.7 Å². The number of rotatable bonds is 2. The fourth-order valence-electron chi connectivity index (χ4n) is 3.30. The quantitative estimate of drug-likeness (QED) is 0.702. The molecule has 1 amide bonds. The summed E-state index contributed by atoms with van der Waals surface area (Å²) >= 11 is 0. The SMILES string of the molecule is Cn1c(=O)c2c(C(C)(C)C)c(C(=O)Nc3ccccc3)c(N)nc2n(C)c1=O. The number of anilines is 2. The van der Waals surface area contributed by atoms with E-state index in [2.05, 4.69) is 10.3 Å². The smallest absolute Gasteiger partial charge is 0.332 e. The Kier molecular flexibility index (Phi) is 4.58. The number of hydrogen-bond acceptors (Lipinski definition) is 5. The molecular weight excluding hydrogens is 358 g/mol. The summed E-state index contributed by atoms with van der Waals surface area (Å²) in [5.41, 5.74) is 5.88. The van der Waals surface area contributed by atoms with Crippen LogP contribution in [0.4, 0.5) is 11.5 Å². The third kappa shape index (κ3) is 3.06. The predicted molar refractivity (Wildman–Crippen MR) is 110 cm³/mol. The zero-order chi connectivity index (χ0) is 20.8. The van der Waals surface area contributed by atoms with Crippen molar-refractivity contribution >= 4 is 28.4 Å².